The first-order valence-electron chi connectivity index (χ1n) is 3.76. The lowest BCUT2D eigenvalue weighted by Crippen LogP contribution is -2.29. The number of carboxylic acids is 1. The van der Waals surface area contributed by atoms with Crippen LogP contribution in [-0.2, 0) is 9.36 Å². The number of rotatable bonds is 6. The molecule has 0 rings (SSSR count). The molecule has 0 saturated carbocycles. The third kappa shape index (κ3) is 4.09. The summed E-state index contributed by atoms with van der Waals surface area (Å²) in [6.07, 6.45) is 0.206. The van der Waals surface area contributed by atoms with Crippen molar-refractivity contribution in [1.29, 1.82) is 0 Å². The fourth-order valence-corrected chi connectivity index (χ4v) is 2.54. The van der Waals surface area contributed by atoms with E-state index in [1.54, 1.807) is 0 Å². The van der Waals surface area contributed by atoms with Gasteiger partial charge in [0.1, 0.15) is 0 Å². The highest BCUT2D eigenvalue weighted by Gasteiger charge is 2.30. The highest BCUT2D eigenvalue weighted by molar-refractivity contribution is 7.39. The summed E-state index contributed by atoms with van der Waals surface area (Å²) in [4.78, 5) is 19.5. The van der Waals surface area contributed by atoms with E-state index in [0.29, 0.717) is 0 Å². The van der Waals surface area contributed by atoms with Crippen LogP contribution in [0.25, 0.3) is 0 Å². The van der Waals surface area contributed by atoms with Crippen molar-refractivity contribution in [2.75, 3.05) is 12.4 Å². The van der Waals surface area contributed by atoms with E-state index in [4.69, 9.17) is 27.3 Å². The molecule has 0 amide bonds. The zero-order valence-corrected chi connectivity index (χ0v) is 8.70. The van der Waals surface area contributed by atoms with Gasteiger partial charge in [0.25, 0.3) is 0 Å². The highest BCUT2D eigenvalue weighted by Crippen LogP contribution is 2.32. The lowest BCUT2D eigenvalue weighted by Gasteiger charge is -2.18. The van der Waals surface area contributed by atoms with Crippen LogP contribution in [0.1, 0.15) is 6.42 Å². The van der Waals surface area contributed by atoms with E-state index in [-0.39, 0.29) is 18.8 Å². The molecule has 0 aliphatic heterocycles. The fraction of sp³-hybridized carbons (Fsp3) is 0.833. The largest absolute Gasteiger partial charge is 0.481 e. The van der Waals surface area contributed by atoms with Gasteiger partial charge >= 0.3 is 5.97 Å². The number of alkyl halides is 1. The van der Waals surface area contributed by atoms with Crippen LogP contribution in [-0.4, -0.2) is 34.1 Å². The Morgan fingerprint density at radius 3 is 2.38 bits per heavy atom. The first-order chi connectivity index (χ1) is 6.04. The third-order valence-electron chi connectivity index (χ3n) is 1.76. The van der Waals surface area contributed by atoms with E-state index < -0.39 is 25.6 Å². The molecule has 5 nitrogen and oxygen atoms in total. The molecule has 7 heteroatoms. The summed E-state index contributed by atoms with van der Waals surface area (Å²) in [7, 11) is -2.89. The van der Waals surface area contributed by atoms with Crippen molar-refractivity contribution in [3.05, 3.63) is 0 Å². The smallest absolute Gasteiger partial charge is 0.308 e. The van der Waals surface area contributed by atoms with E-state index in [0.717, 1.165) is 0 Å². The van der Waals surface area contributed by atoms with Crippen LogP contribution < -0.4 is 5.73 Å². The molecule has 78 valence electrons. The standard InChI is InChI=1S/C6H13ClNO4P/c7-3-4(6(9)10)5(1-2-8)13(11)12/h4-5,13H,1-3,8H2,(H,9,10)(H,11,12). The minimum absolute atomic E-state index is 0.170. The maximum atomic E-state index is 10.8. The van der Waals surface area contributed by atoms with E-state index in [2.05, 4.69) is 0 Å². The van der Waals surface area contributed by atoms with Gasteiger partial charge in [-0.15, -0.1) is 11.6 Å². The van der Waals surface area contributed by atoms with E-state index >= 15 is 0 Å². The molecule has 0 aliphatic rings. The number of halogens is 1. The summed E-state index contributed by atoms with van der Waals surface area (Å²) < 4.78 is 10.8. The zero-order valence-electron chi connectivity index (χ0n) is 6.94. The quantitative estimate of drug-likeness (QED) is 0.443. The van der Waals surface area contributed by atoms with Crippen LogP contribution in [0.2, 0.25) is 0 Å². The number of hydrogen-bond donors (Lipinski definition) is 3. The van der Waals surface area contributed by atoms with Crippen molar-refractivity contribution in [2.24, 2.45) is 11.7 Å². The molecule has 3 unspecified atom stereocenters. The second-order valence-electron chi connectivity index (χ2n) is 2.62. The maximum Gasteiger partial charge on any atom is 0.308 e. The van der Waals surface area contributed by atoms with Gasteiger partial charge < -0.3 is 15.7 Å². The average molecular weight is 230 g/mol. The summed E-state index contributed by atoms with van der Waals surface area (Å²) in [5.74, 6) is -2.31. The van der Waals surface area contributed by atoms with Crippen LogP contribution >= 0.6 is 19.6 Å². The molecule has 0 saturated heterocycles. The van der Waals surface area contributed by atoms with E-state index in [1.807, 2.05) is 0 Å². The van der Waals surface area contributed by atoms with Crippen LogP contribution in [0.5, 0.6) is 0 Å². The first-order valence-corrected chi connectivity index (χ1v) is 5.73. The molecular weight excluding hydrogens is 216 g/mol. The predicted octanol–water partition coefficient (Wildman–Crippen LogP) is 0.110. The number of nitrogens with two attached hydrogens (primary N) is 1. The second-order valence-corrected chi connectivity index (χ2v) is 4.35. The second kappa shape index (κ2) is 6.38. The highest BCUT2D eigenvalue weighted by atomic mass is 35.5. The Morgan fingerprint density at radius 1 is 1.62 bits per heavy atom. The Balaban J connectivity index is 4.48. The number of carbonyl (C=O) groups is 1. The molecule has 3 atom stereocenters. The van der Waals surface area contributed by atoms with Gasteiger partial charge in [0, 0.05) is 11.5 Å². The molecular formula is C6H13ClNO4P. The van der Waals surface area contributed by atoms with Crippen molar-refractivity contribution < 1.29 is 19.4 Å². The lowest BCUT2D eigenvalue weighted by atomic mass is 10.1. The molecule has 0 aromatic rings. The van der Waals surface area contributed by atoms with E-state index in [1.165, 1.54) is 0 Å². The SMILES string of the molecule is NCCC(C(CCl)C(=O)O)[PH](=O)O. The Hall–Kier alpha value is -0.0900. The van der Waals surface area contributed by atoms with Crippen LogP contribution in [0.3, 0.4) is 0 Å². The maximum absolute atomic E-state index is 10.8. The van der Waals surface area contributed by atoms with E-state index in [9.17, 15) is 9.36 Å². The fourth-order valence-electron chi connectivity index (χ4n) is 1.02. The molecule has 0 spiro atoms. The minimum atomic E-state index is -2.89. The molecule has 0 aromatic heterocycles. The van der Waals surface area contributed by atoms with Crippen LogP contribution in [0.4, 0.5) is 0 Å². The minimum Gasteiger partial charge on any atom is -0.481 e. The summed E-state index contributed by atoms with van der Waals surface area (Å²) in [6.45, 7) is 0.183. The van der Waals surface area contributed by atoms with Gasteiger partial charge in [0.15, 0.2) is 8.03 Å². The third-order valence-corrected chi connectivity index (χ3v) is 3.42. The van der Waals surface area contributed by atoms with Crippen molar-refractivity contribution in [1.82, 2.24) is 0 Å². The topological polar surface area (TPSA) is 101 Å². The van der Waals surface area contributed by atoms with Crippen molar-refractivity contribution in [3.63, 3.8) is 0 Å². The van der Waals surface area contributed by atoms with Crippen molar-refractivity contribution >= 4 is 25.6 Å². The molecule has 0 aliphatic carbocycles. The lowest BCUT2D eigenvalue weighted by molar-refractivity contribution is -0.141. The Labute approximate surface area is 81.7 Å². The van der Waals surface area contributed by atoms with Gasteiger partial charge in [-0.3, -0.25) is 9.36 Å². The first kappa shape index (κ1) is 12.9. The van der Waals surface area contributed by atoms with Gasteiger partial charge in [0.05, 0.1) is 5.92 Å². The molecule has 4 N–H and O–H groups in total. The zero-order chi connectivity index (χ0) is 10.4. The molecule has 0 fully saturated rings. The summed E-state index contributed by atoms with van der Waals surface area (Å²) in [5.41, 5.74) is 4.38. The normalized spacial score (nSPS) is 17.8. The monoisotopic (exact) mass is 229 g/mol. The van der Waals surface area contributed by atoms with Gasteiger partial charge in [-0.1, -0.05) is 0 Å². The molecule has 0 aromatic carbocycles. The predicted molar refractivity (Wildman–Crippen MR) is 50.5 cm³/mol. The van der Waals surface area contributed by atoms with Crippen molar-refractivity contribution in [3.8, 4) is 0 Å². The number of hydrogen-bond acceptors (Lipinski definition) is 3. The molecule has 0 heterocycles. The van der Waals surface area contributed by atoms with Crippen LogP contribution in [0.15, 0.2) is 0 Å². The molecule has 0 bridgehead atoms. The van der Waals surface area contributed by atoms with Gasteiger partial charge in [0.2, 0.25) is 0 Å². The Bertz CT molecular complexity index is 201. The molecule has 13 heavy (non-hydrogen) atoms. The Kier molecular flexibility index (Phi) is 6.33. The van der Waals surface area contributed by atoms with Gasteiger partial charge in [-0.25, -0.2) is 0 Å². The van der Waals surface area contributed by atoms with Gasteiger partial charge in [-0.2, -0.15) is 0 Å². The summed E-state index contributed by atoms with van der Waals surface area (Å²) in [5, 5.41) is 8.66. The number of carboxylic acid groups (broad SMARTS) is 1. The number of aliphatic carboxylic acids is 1. The molecule has 0 radical (unpaired) electrons. The van der Waals surface area contributed by atoms with Crippen LogP contribution in [0, 0.1) is 5.92 Å². The van der Waals surface area contributed by atoms with Crippen molar-refractivity contribution in [2.45, 2.75) is 12.1 Å². The van der Waals surface area contributed by atoms with Gasteiger partial charge in [-0.05, 0) is 13.0 Å². The summed E-state index contributed by atoms with van der Waals surface area (Å²) in [6, 6.07) is 0. The Morgan fingerprint density at radius 2 is 2.15 bits per heavy atom. The average Bonchev–Trinajstić information content (AvgIpc) is 2.03. The summed E-state index contributed by atoms with van der Waals surface area (Å²) >= 11 is 5.38.